The molecule has 1 amide bonds. The molecule has 0 atom stereocenters. The van der Waals surface area contributed by atoms with E-state index in [4.69, 9.17) is 0 Å². The number of carbonyl (C=O) groups is 1. The fourth-order valence-corrected chi connectivity index (χ4v) is 3.64. The number of benzene rings is 1. The van der Waals surface area contributed by atoms with Crippen LogP contribution in [0.4, 0.5) is 0 Å². The molecule has 0 radical (unpaired) electrons. The highest BCUT2D eigenvalue weighted by Crippen LogP contribution is 2.16. The van der Waals surface area contributed by atoms with Crippen LogP contribution in [-0.2, 0) is 11.3 Å². The van der Waals surface area contributed by atoms with Crippen LogP contribution in [0.5, 0.6) is 0 Å². The molecule has 0 saturated carbocycles. The van der Waals surface area contributed by atoms with Crippen molar-refractivity contribution in [2.24, 2.45) is 4.99 Å². The highest BCUT2D eigenvalue weighted by Gasteiger charge is 2.11. The summed E-state index contributed by atoms with van der Waals surface area (Å²) in [5, 5.41) is 6.47. The van der Waals surface area contributed by atoms with Crippen LogP contribution in [0.3, 0.4) is 0 Å². The summed E-state index contributed by atoms with van der Waals surface area (Å²) < 4.78 is 0. The number of rotatable bonds is 8. The number of thioether (sulfide) groups is 1. The highest BCUT2D eigenvalue weighted by atomic mass is 127. The average molecular weight is 534 g/mol. The first kappa shape index (κ1) is 24.7. The van der Waals surface area contributed by atoms with Crippen LogP contribution in [0, 0.1) is 6.92 Å². The Bertz CT molecular complexity index is 752. The van der Waals surface area contributed by atoms with Crippen molar-refractivity contribution >= 4 is 58.9 Å². The summed E-state index contributed by atoms with van der Waals surface area (Å²) in [5.74, 6) is 1.60. The maximum absolute atomic E-state index is 11.9. The quantitative estimate of drug-likeness (QED) is 0.186. The number of nitrogens with one attached hydrogen (secondary N) is 1. The Morgan fingerprint density at radius 2 is 1.96 bits per heavy atom. The summed E-state index contributed by atoms with van der Waals surface area (Å²) >= 11 is 3.43. The number of hydrogen-bond donors (Lipinski definition) is 1. The molecule has 154 valence electrons. The second-order valence-corrected chi connectivity index (χ2v) is 8.46. The van der Waals surface area contributed by atoms with Gasteiger partial charge in [-0.1, -0.05) is 18.2 Å². The SMILES string of the molecule is Cc1nc(CN(C)C(=NCC(=O)N(C)C)NCCSc2ccccc2)cs1.I. The zero-order valence-electron chi connectivity index (χ0n) is 16.7. The molecule has 6 nitrogen and oxygen atoms in total. The molecule has 0 bridgehead atoms. The number of guanidine groups is 1. The number of amides is 1. The van der Waals surface area contributed by atoms with Gasteiger partial charge in [0, 0.05) is 43.7 Å². The second kappa shape index (κ2) is 13.0. The molecule has 0 aliphatic rings. The number of nitrogens with zero attached hydrogens (tertiary/aromatic N) is 4. The number of halogens is 1. The van der Waals surface area contributed by atoms with E-state index in [0.29, 0.717) is 12.5 Å². The molecule has 0 aliphatic carbocycles. The Hall–Kier alpha value is -1.33. The smallest absolute Gasteiger partial charge is 0.243 e. The van der Waals surface area contributed by atoms with Gasteiger partial charge in [0.25, 0.3) is 0 Å². The molecular formula is C19H28IN5OS2. The number of likely N-dealkylation sites (N-methyl/N-ethyl adjacent to an activating group) is 1. The van der Waals surface area contributed by atoms with Crippen LogP contribution in [0.15, 0.2) is 45.6 Å². The van der Waals surface area contributed by atoms with Gasteiger partial charge < -0.3 is 15.1 Å². The molecule has 1 aromatic heterocycles. The molecule has 0 aliphatic heterocycles. The van der Waals surface area contributed by atoms with Crippen LogP contribution in [0.25, 0.3) is 0 Å². The second-order valence-electron chi connectivity index (χ2n) is 6.23. The Morgan fingerprint density at radius 3 is 2.57 bits per heavy atom. The number of aryl methyl sites for hydroxylation is 1. The fraction of sp³-hybridized carbons (Fsp3) is 0.421. The van der Waals surface area contributed by atoms with Crippen LogP contribution in [-0.4, -0.2) is 66.6 Å². The molecular weight excluding hydrogens is 505 g/mol. The van der Waals surface area contributed by atoms with Crippen LogP contribution in [0.1, 0.15) is 10.7 Å². The number of aromatic nitrogens is 1. The van der Waals surface area contributed by atoms with Crippen molar-refractivity contribution in [3.8, 4) is 0 Å². The lowest BCUT2D eigenvalue weighted by molar-refractivity contribution is -0.127. The van der Waals surface area contributed by atoms with Crippen molar-refractivity contribution in [2.45, 2.75) is 18.4 Å². The van der Waals surface area contributed by atoms with E-state index < -0.39 is 0 Å². The van der Waals surface area contributed by atoms with Crippen molar-refractivity contribution in [1.82, 2.24) is 20.1 Å². The number of hydrogen-bond acceptors (Lipinski definition) is 5. The fourth-order valence-electron chi connectivity index (χ4n) is 2.24. The van der Waals surface area contributed by atoms with Gasteiger partial charge in [-0.05, 0) is 19.1 Å². The largest absolute Gasteiger partial charge is 0.355 e. The standard InChI is InChI=1S/C19H27N5OS2.HI/c1-15-22-16(14-27-15)13-24(4)19(21-12-18(25)23(2)3)20-10-11-26-17-8-6-5-7-9-17;/h5-9,14H,10-13H2,1-4H3,(H,20,21);1H. The predicted octanol–water partition coefficient (Wildman–Crippen LogP) is 3.33. The van der Waals surface area contributed by atoms with Gasteiger partial charge in [-0.2, -0.15) is 0 Å². The molecule has 0 saturated heterocycles. The Labute approximate surface area is 192 Å². The Kier molecular flexibility index (Phi) is 11.5. The van der Waals surface area contributed by atoms with Gasteiger partial charge in [-0.3, -0.25) is 4.79 Å². The normalized spacial score (nSPS) is 10.9. The van der Waals surface area contributed by atoms with Gasteiger partial charge in [-0.25, -0.2) is 9.98 Å². The van der Waals surface area contributed by atoms with Crippen LogP contribution < -0.4 is 5.32 Å². The topological polar surface area (TPSA) is 60.8 Å². The number of thiazole rings is 1. The lowest BCUT2D eigenvalue weighted by Gasteiger charge is -2.22. The molecule has 9 heteroatoms. The Morgan fingerprint density at radius 1 is 1.25 bits per heavy atom. The van der Waals surface area contributed by atoms with Crippen molar-refractivity contribution in [3.63, 3.8) is 0 Å². The van der Waals surface area contributed by atoms with Gasteiger partial charge in [-0.15, -0.1) is 47.1 Å². The molecule has 0 fully saturated rings. The number of carbonyl (C=O) groups excluding carboxylic acids is 1. The zero-order chi connectivity index (χ0) is 19.6. The van der Waals surface area contributed by atoms with E-state index in [9.17, 15) is 4.79 Å². The molecule has 1 aromatic carbocycles. The van der Waals surface area contributed by atoms with Gasteiger partial charge in [0.2, 0.25) is 5.91 Å². The third-order valence-electron chi connectivity index (χ3n) is 3.69. The van der Waals surface area contributed by atoms with Gasteiger partial charge >= 0.3 is 0 Å². The molecule has 1 N–H and O–H groups in total. The molecule has 2 rings (SSSR count). The van der Waals surface area contributed by atoms with Gasteiger partial charge in [0.05, 0.1) is 17.2 Å². The predicted molar refractivity (Wildman–Crippen MR) is 130 cm³/mol. The van der Waals surface area contributed by atoms with E-state index in [1.807, 2.05) is 37.1 Å². The van der Waals surface area contributed by atoms with E-state index in [0.717, 1.165) is 23.0 Å². The highest BCUT2D eigenvalue weighted by molar-refractivity contribution is 14.0. The minimum atomic E-state index is -0.0223. The minimum absolute atomic E-state index is 0. The summed E-state index contributed by atoms with van der Waals surface area (Å²) in [5.41, 5.74) is 1.01. The van der Waals surface area contributed by atoms with E-state index >= 15 is 0 Å². The third kappa shape index (κ3) is 8.78. The molecule has 1 heterocycles. The van der Waals surface area contributed by atoms with Crippen molar-refractivity contribution in [3.05, 3.63) is 46.4 Å². The Balaban J connectivity index is 0.00000392. The van der Waals surface area contributed by atoms with E-state index in [2.05, 4.69) is 32.8 Å². The van der Waals surface area contributed by atoms with Crippen LogP contribution in [0.2, 0.25) is 0 Å². The van der Waals surface area contributed by atoms with E-state index in [-0.39, 0.29) is 36.4 Å². The van der Waals surface area contributed by atoms with Gasteiger partial charge in [0.1, 0.15) is 6.54 Å². The summed E-state index contributed by atoms with van der Waals surface area (Å²) in [6.45, 7) is 3.53. The monoisotopic (exact) mass is 533 g/mol. The molecule has 0 spiro atoms. The van der Waals surface area contributed by atoms with E-state index in [1.165, 1.54) is 4.90 Å². The first-order valence-electron chi connectivity index (χ1n) is 8.74. The third-order valence-corrected chi connectivity index (χ3v) is 5.52. The maximum atomic E-state index is 11.9. The zero-order valence-corrected chi connectivity index (χ0v) is 20.7. The number of aliphatic imine (C=N–C) groups is 1. The van der Waals surface area contributed by atoms with Crippen molar-refractivity contribution < 1.29 is 4.79 Å². The summed E-state index contributed by atoms with van der Waals surface area (Å²) in [6.07, 6.45) is 0. The lowest BCUT2D eigenvalue weighted by atomic mass is 10.4. The first-order valence-corrected chi connectivity index (χ1v) is 10.6. The summed E-state index contributed by atoms with van der Waals surface area (Å²) in [7, 11) is 5.44. The van der Waals surface area contributed by atoms with E-state index in [1.54, 1.807) is 42.1 Å². The minimum Gasteiger partial charge on any atom is -0.355 e. The van der Waals surface area contributed by atoms with Crippen molar-refractivity contribution in [2.75, 3.05) is 40.0 Å². The molecule has 28 heavy (non-hydrogen) atoms. The summed E-state index contributed by atoms with van der Waals surface area (Å²) in [6, 6.07) is 10.3. The maximum Gasteiger partial charge on any atom is 0.243 e. The average Bonchev–Trinajstić information content (AvgIpc) is 3.06. The van der Waals surface area contributed by atoms with Gasteiger partial charge in [0.15, 0.2) is 5.96 Å². The molecule has 0 unspecified atom stereocenters. The van der Waals surface area contributed by atoms with Crippen LogP contribution >= 0.6 is 47.1 Å². The molecule has 2 aromatic rings. The first-order chi connectivity index (χ1) is 13.0. The lowest BCUT2D eigenvalue weighted by Crippen LogP contribution is -2.40. The summed E-state index contributed by atoms with van der Waals surface area (Å²) in [4.78, 5) is 25.7. The van der Waals surface area contributed by atoms with Crippen molar-refractivity contribution in [1.29, 1.82) is 0 Å².